The summed E-state index contributed by atoms with van der Waals surface area (Å²) in [4.78, 5) is 8.31. The normalized spacial score (nSPS) is 14.0. The quantitative estimate of drug-likeness (QED) is 0.0778. The summed E-state index contributed by atoms with van der Waals surface area (Å²) >= 11 is 0. The highest BCUT2D eigenvalue weighted by Gasteiger charge is 2.38. The first-order chi connectivity index (χ1) is 33.3. The van der Waals surface area contributed by atoms with Crippen molar-refractivity contribution >= 4 is 78.5 Å². The fraction of sp³-hybridized carbons (Fsp3) is 0.188. The predicted octanol–water partition coefficient (Wildman–Crippen LogP) is 16.9. The lowest BCUT2D eigenvalue weighted by Gasteiger charge is -2.29. The maximum atomic E-state index is 9.59. The van der Waals surface area contributed by atoms with E-state index in [1.807, 2.05) is 24.3 Å². The SMILES string of the molecule is [C-]#[N+]c1ccc(N(c2ccc([Si](C)(C)C)cc2)c2ccc3c(c2)C(C)(C)c2cc(/C=C/c4ccc5c(c4)C(C)(C)c4cc(N(c6ccc(C#N)cc6)c6ccc([Si](C)(C)C)cc6)ccc4-5)ccc2-3)cc1. The minimum Gasteiger partial charge on any atom is -0.311 e. The summed E-state index contributed by atoms with van der Waals surface area (Å²) < 4.78 is 0. The topological polar surface area (TPSA) is 34.6 Å². The smallest absolute Gasteiger partial charge is 0.187 e. The molecule has 0 radical (unpaired) electrons. The number of rotatable bonds is 10. The van der Waals surface area contributed by atoms with Crippen molar-refractivity contribution in [3.63, 3.8) is 0 Å². The molecule has 0 fully saturated rings. The third-order valence-corrected chi connectivity index (χ3v) is 19.0. The molecule has 0 aliphatic heterocycles. The van der Waals surface area contributed by atoms with Crippen LogP contribution in [0.4, 0.5) is 39.8 Å². The lowest BCUT2D eigenvalue weighted by atomic mass is 9.81. The van der Waals surface area contributed by atoms with Crippen LogP contribution in [0.3, 0.4) is 0 Å². The number of hydrogen-bond acceptors (Lipinski definition) is 3. The molecule has 0 bridgehead atoms. The Kier molecular flexibility index (Phi) is 11.4. The molecule has 0 N–H and O–H groups in total. The van der Waals surface area contributed by atoms with Crippen molar-refractivity contribution in [1.82, 2.24) is 0 Å². The summed E-state index contributed by atoms with van der Waals surface area (Å²) in [6.45, 7) is 31.3. The fourth-order valence-electron chi connectivity index (χ4n) is 10.6. The third kappa shape index (κ3) is 8.22. The van der Waals surface area contributed by atoms with E-state index in [1.165, 1.54) is 66.0 Å². The van der Waals surface area contributed by atoms with Gasteiger partial charge in [-0.05, 0) is 141 Å². The van der Waals surface area contributed by atoms with Crippen LogP contribution in [0, 0.1) is 17.9 Å². The highest BCUT2D eigenvalue weighted by Crippen LogP contribution is 2.53. The van der Waals surface area contributed by atoms with E-state index in [2.05, 4.69) is 245 Å². The van der Waals surface area contributed by atoms with Crippen LogP contribution >= 0.6 is 0 Å². The van der Waals surface area contributed by atoms with Crippen molar-refractivity contribution < 1.29 is 0 Å². The zero-order valence-corrected chi connectivity index (χ0v) is 44.1. The van der Waals surface area contributed by atoms with E-state index in [4.69, 9.17) is 6.57 Å². The summed E-state index contributed by atoms with van der Waals surface area (Å²) in [5, 5.41) is 12.4. The van der Waals surface area contributed by atoms with Crippen LogP contribution in [0.25, 0.3) is 39.3 Å². The molecular weight excluding hydrogens is 881 g/mol. The number of nitriles is 1. The zero-order chi connectivity index (χ0) is 49.3. The first-order valence-corrected chi connectivity index (χ1v) is 31.4. The molecule has 4 nitrogen and oxygen atoms in total. The van der Waals surface area contributed by atoms with Gasteiger partial charge < -0.3 is 9.80 Å². The highest BCUT2D eigenvalue weighted by atomic mass is 28.3. The Morgan fingerprint density at radius 3 is 1.09 bits per heavy atom. The van der Waals surface area contributed by atoms with E-state index < -0.39 is 16.1 Å². The van der Waals surface area contributed by atoms with Crippen LogP contribution in [-0.2, 0) is 10.8 Å². The van der Waals surface area contributed by atoms with Gasteiger partial charge in [-0.25, -0.2) is 4.85 Å². The summed E-state index contributed by atoms with van der Waals surface area (Å²) in [5.41, 5.74) is 20.1. The molecule has 0 spiro atoms. The van der Waals surface area contributed by atoms with Gasteiger partial charge in [0.2, 0.25) is 0 Å². The summed E-state index contributed by atoms with van der Waals surface area (Å²) in [6.07, 6.45) is 4.53. The molecule has 0 atom stereocenters. The average molecular weight is 941 g/mol. The molecule has 344 valence electrons. The van der Waals surface area contributed by atoms with Crippen molar-refractivity contribution in [3.05, 3.63) is 220 Å². The van der Waals surface area contributed by atoms with E-state index in [-0.39, 0.29) is 10.8 Å². The molecule has 2 aliphatic rings. The molecule has 8 aromatic rings. The van der Waals surface area contributed by atoms with Gasteiger partial charge in [0, 0.05) is 45.0 Å². The van der Waals surface area contributed by atoms with Crippen molar-refractivity contribution in [1.29, 1.82) is 5.26 Å². The second-order valence-electron chi connectivity index (χ2n) is 22.2. The Balaban J connectivity index is 0.936. The molecule has 0 saturated carbocycles. The molecular formula is C64H60N4Si2. The second-order valence-corrected chi connectivity index (χ2v) is 32.4. The van der Waals surface area contributed by atoms with E-state index in [0.717, 1.165) is 34.1 Å². The number of fused-ring (bicyclic) bond motifs is 6. The highest BCUT2D eigenvalue weighted by molar-refractivity contribution is 6.89. The molecule has 0 amide bonds. The Morgan fingerprint density at radius 1 is 0.429 bits per heavy atom. The van der Waals surface area contributed by atoms with Crippen LogP contribution in [0.2, 0.25) is 39.3 Å². The van der Waals surface area contributed by atoms with Crippen LogP contribution in [0.15, 0.2) is 170 Å². The molecule has 0 saturated heterocycles. The van der Waals surface area contributed by atoms with Gasteiger partial charge in [0.05, 0.1) is 34.4 Å². The Hall–Kier alpha value is -7.49. The molecule has 2 aliphatic carbocycles. The first-order valence-electron chi connectivity index (χ1n) is 24.4. The number of hydrogen-bond donors (Lipinski definition) is 0. The standard InChI is InChI=1S/C64H60N4Si2/c1-63(2)59-38-43(16-34-55(59)57-36-28-51(40-61(57)63)67(47-20-14-45(42-65)15-21-47)49-24-30-53(31-25-49)69(6,7)8)12-13-44-17-35-56-58-37-29-52(41-62(58)64(3,4)60(56)39-44)68(48-22-18-46(66-5)19-23-48)50-26-32-54(33-27-50)70(9,10)11/h12-41H,1-4,6-11H3/b13-12+. The van der Waals surface area contributed by atoms with Crippen LogP contribution in [-0.4, -0.2) is 16.1 Å². The summed E-state index contributed by atoms with van der Waals surface area (Å²) in [6, 6.07) is 64.1. The molecule has 0 heterocycles. The van der Waals surface area contributed by atoms with Gasteiger partial charge in [-0.1, -0.05) is 174 Å². The third-order valence-electron chi connectivity index (χ3n) is 14.8. The molecule has 70 heavy (non-hydrogen) atoms. The fourth-order valence-corrected chi connectivity index (χ4v) is 13.0. The van der Waals surface area contributed by atoms with Gasteiger partial charge in [-0.3, -0.25) is 0 Å². The maximum absolute atomic E-state index is 9.59. The molecule has 8 aromatic carbocycles. The monoisotopic (exact) mass is 940 g/mol. The second kappa shape index (κ2) is 17.2. The zero-order valence-electron chi connectivity index (χ0n) is 42.1. The van der Waals surface area contributed by atoms with E-state index in [0.29, 0.717) is 11.3 Å². The minimum absolute atomic E-state index is 0.221. The van der Waals surface area contributed by atoms with Crippen molar-refractivity contribution in [2.75, 3.05) is 9.80 Å². The van der Waals surface area contributed by atoms with Gasteiger partial charge in [0.1, 0.15) is 0 Å². The summed E-state index contributed by atoms with van der Waals surface area (Å²) in [7, 11) is -2.96. The lowest BCUT2D eigenvalue weighted by molar-refractivity contribution is 0.660. The van der Waals surface area contributed by atoms with Crippen LogP contribution in [0.5, 0.6) is 0 Å². The van der Waals surface area contributed by atoms with E-state index in [1.54, 1.807) is 0 Å². The lowest BCUT2D eigenvalue weighted by Crippen LogP contribution is -2.37. The van der Waals surface area contributed by atoms with Gasteiger partial charge in [0.15, 0.2) is 5.69 Å². The van der Waals surface area contributed by atoms with Gasteiger partial charge in [-0.2, -0.15) is 5.26 Å². The Morgan fingerprint density at radius 2 is 0.743 bits per heavy atom. The van der Waals surface area contributed by atoms with E-state index >= 15 is 0 Å². The molecule has 0 aromatic heterocycles. The predicted molar refractivity (Wildman–Crippen MR) is 303 cm³/mol. The van der Waals surface area contributed by atoms with Crippen molar-refractivity contribution in [2.45, 2.75) is 77.8 Å². The Bertz CT molecular complexity index is 3210. The molecule has 6 heteroatoms. The molecule has 0 unspecified atom stereocenters. The van der Waals surface area contributed by atoms with Crippen molar-refractivity contribution in [2.24, 2.45) is 0 Å². The number of benzene rings is 8. The van der Waals surface area contributed by atoms with Gasteiger partial charge >= 0.3 is 0 Å². The Labute approximate surface area is 417 Å². The van der Waals surface area contributed by atoms with Crippen LogP contribution in [0.1, 0.15) is 66.6 Å². The number of anilines is 6. The largest absolute Gasteiger partial charge is 0.311 e. The van der Waals surface area contributed by atoms with E-state index in [9.17, 15) is 5.26 Å². The summed E-state index contributed by atoms with van der Waals surface area (Å²) in [5.74, 6) is 0. The van der Waals surface area contributed by atoms with Crippen molar-refractivity contribution in [3.8, 4) is 28.3 Å². The van der Waals surface area contributed by atoms with Crippen LogP contribution < -0.4 is 20.2 Å². The van der Waals surface area contributed by atoms with Gasteiger partial charge in [-0.15, -0.1) is 0 Å². The average Bonchev–Trinajstić information content (AvgIpc) is 3.71. The number of nitrogens with zero attached hydrogens (tertiary/aromatic N) is 4. The molecule has 10 rings (SSSR count). The first kappa shape index (κ1) is 46.3. The minimum atomic E-state index is -1.48. The van der Waals surface area contributed by atoms with Gasteiger partial charge in [0.25, 0.3) is 0 Å². The maximum Gasteiger partial charge on any atom is 0.187 e.